The van der Waals surface area contributed by atoms with Crippen LogP contribution in [-0.2, 0) is 0 Å². The zero-order valence-electron chi connectivity index (χ0n) is 4.94. The Morgan fingerprint density at radius 2 is 1.40 bits per heavy atom. The zero-order chi connectivity index (χ0) is 7.72. The van der Waals surface area contributed by atoms with Crippen molar-refractivity contribution in [1.82, 2.24) is 0 Å². The van der Waals surface area contributed by atoms with Gasteiger partial charge >= 0.3 is 0 Å². The Morgan fingerprint density at radius 1 is 1.00 bits per heavy atom. The molecule has 1 aromatic carbocycles. The van der Waals surface area contributed by atoms with Crippen molar-refractivity contribution in [3.8, 4) is 17.2 Å². The minimum Gasteiger partial charge on any atom is -0.504 e. The van der Waals surface area contributed by atoms with E-state index in [2.05, 4.69) is 12.6 Å². The molecule has 54 valence electrons. The minimum atomic E-state index is -0.516. The van der Waals surface area contributed by atoms with Gasteiger partial charge in [-0.1, -0.05) is 0 Å². The maximum atomic E-state index is 8.82. The van der Waals surface area contributed by atoms with Gasteiger partial charge in [0, 0.05) is 4.90 Å². The summed E-state index contributed by atoms with van der Waals surface area (Å²) in [5.41, 5.74) is 0. The topological polar surface area (TPSA) is 60.7 Å². The smallest absolute Gasteiger partial charge is 0.200 e. The number of rotatable bonds is 0. The number of phenolic OH excluding ortho intramolecular Hbond substituents is 3. The van der Waals surface area contributed by atoms with Crippen molar-refractivity contribution in [2.45, 2.75) is 4.90 Å². The molecule has 3 N–H and O–H groups in total. The van der Waals surface area contributed by atoms with E-state index in [1.165, 1.54) is 12.1 Å². The largest absolute Gasteiger partial charge is 0.504 e. The lowest BCUT2D eigenvalue weighted by Crippen LogP contribution is -1.71. The molecule has 3 nitrogen and oxygen atoms in total. The third-order valence-corrected chi connectivity index (χ3v) is 1.31. The molecule has 0 atom stereocenters. The number of benzene rings is 1. The van der Waals surface area contributed by atoms with Crippen molar-refractivity contribution in [2.75, 3.05) is 0 Å². The second kappa shape index (κ2) is 2.30. The van der Waals surface area contributed by atoms with Crippen LogP contribution in [0.3, 0.4) is 0 Å². The summed E-state index contributed by atoms with van der Waals surface area (Å²) in [5.74, 6) is -1.26. The monoisotopic (exact) mass is 158 g/mol. The van der Waals surface area contributed by atoms with Crippen LogP contribution in [0.5, 0.6) is 17.2 Å². The van der Waals surface area contributed by atoms with Gasteiger partial charge in [0.05, 0.1) is 0 Å². The standard InChI is InChI=1S/C6H6O3S/c7-4-1-3(10)2-5(8)6(4)9/h1-2,7-10H. The molecule has 0 heterocycles. The first-order valence-corrected chi connectivity index (χ1v) is 3.00. The minimum absolute atomic E-state index is 0.370. The van der Waals surface area contributed by atoms with Gasteiger partial charge in [0.1, 0.15) is 0 Å². The van der Waals surface area contributed by atoms with E-state index in [0.717, 1.165) is 0 Å². The number of thiol groups is 1. The van der Waals surface area contributed by atoms with Crippen LogP contribution in [0, 0.1) is 0 Å². The van der Waals surface area contributed by atoms with Crippen LogP contribution < -0.4 is 0 Å². The van der Waals surface area contributed by atoms with Crippen molar-refractivity contribution in [3.05, 3.63) is 12.1 Å². The molecule has 4 heteroatoms. The van der Waals surface area contributed by atoms with Crippen LogP contribution >= 0.6 is 12.6 Å². The molecule has 1 aromatic rings. The molecule has 10 heavy (non-hydrogen) atoms. The fourth-order valence-corrected chi connectivity index (χ4v) is 0.834. The van der Waals surface area contributed by atoms with E-state index >= 15 is 0 Å². The third-order valence-electron chi connectivity index (χ3n) is 1.05. The van der Waals surface area contributed by atoms with Gasteiger partial charge in [-0.3, -0.25) is 0 Å². The summed E-state index contributed by atoms with van der Waals surface area (Å²) in [4.78, 5) is 0.396. The Balaban J connectivity index is 3.31. The lowest BCUT2D eigenvalue weighted by Gasteiger charge is -1.99. The molecule has 1 rings (SSSR count). The highest BCUT2D eigenvalue weighted by Gasteiger charge is 2.04. The molecule has 0 aliphatic carbocycles. The molecule has 0 aliphatic rings. The Hall–Kier alpha value is -1.03. The van der Waals surface area contributed by atoms with E-state index in [4.69, 9.17) is 15.3 Å². The molecule has 0 saturated heterocycles. The van der Waals surface area contributed by atoms with E-state index in [-0.39, 0.29) is 11.5 Å². The maximum Gasteiger partial charge on any atom is 0.200 e. The highest BCUT2D eigenvalue weighted by Crippen LogP contribution is 2.36. The van der Waals surface area contributed by atoms with E-state index in [9.17, 15) is 0 Å². The second-order valence-corrected chi connectivity index (χ2v) is 2.35. The molecule has 0 fully saturated rings. The molecular formula is C6H6O3S. The highest BCUT2D eigenvalue weighted by molar-refractivity contribution is 7.80. The van der Waals surface area contributed by atoms with Crippen LogP contribution in [0.25, 0.3) is 0 Å². The SMILES string of the molecule is Oc1cc(S)cc(O)c1O. The predicted octanol–water partition coefficient (Wildman–Crippen LogP) is 1.09. The summed E-state index contributed by atoms with van der Waals surface area (Å²) >= 11 is 3.84. The van der Waals surface area contributed by atoms with Crippen molar-refractivity contribution in [1.29, 1.82) is 0 Å². The van der Waals surface area contributed by atoms with Crippen molar-refractivity contribution < 1.29 is 15.3 Å². The second-order valence-electron chi connectivity index (χ2n) is 1.83. The maximum absolute atomic E-state index is 8.82. The highest BCUT2D eigenvalue weighted by atomic mass is 32.1. The van der Waals surface area contributed by atoms with Gasteiger partial charge in [0.25, 0.3) is 0 Å². The van der Waals surface area contributed by atoms with Gasteiger partial charge in [0.15, 0.2) is 17.2 Å². The van der Waals surface area contributed by atoms with Crippen LogP contribution in [0.2, 0.25) is 0 Å². The Bertz CT molecular complexity index is 236. The molecule has 0 aromatic heterocycles. The fourth-order valence-electron chi connectivity index (χ4n) is 0.590. The van der Waals surface area contributed by atoms with Crippen LogP contribution in [0.4, 0.5) is 0 Å². The normalized spacial score (nSPS) is 9.70. The lowest BCUT2D eigenvalue weighted by molar-refractivity contribution is 0.366. The number of hydrogen-bond acceptors (Lipinski definition) is 4. The number of phenols is 3. The molecule has 0 spiro atoms. The molecule has 0 saturated carbocycles. The van der Waals surface area contributed by atoms with Crippen molar-refractivity contribution in [2.24, 2.45) is 0 Å². The quantitative estimate of drug-likeness (QED) is 0.337. The van der Waals surface area contributed by atoms with Gasteiger partial charge < -0.3 is 15.3 Å². The molecule has 0 radical (unpaired) electrons. The first kappa shape index (κ1) is 7.08. The van der Waals surface area contributed by atoms with E-state index in [0.29, 0.717) is 4.90 Å². The van der Waals surface area contributed by atoms with Crippen LogP contribution in [0.1, 0.15) is 0 Å². The molecule has 0 bridgehead atoms. The van der Waals surface area contributed by atoms with Gasteiger partial charge in [-0.05, 0) is 12.1 Å². The average Bonchev–Trinajstić information content (AvgIpc) is 1.82. The summed E-state index contributed by atoms with van der Waals surface area (Å²) in [6, 6.07) is 2.47. The zero-order valence-corrected chi connectivity index (χ0v) is 5.84. The summed E-state index contributed by atoms with van der Waals surface area (Å²) in [7, 11) is 0. The van der Waals surface area contributed by atoms with E-state index in [1.807, 2.05) is 0 Å². The summed E-state index contributed by atoms with van der Waals surface area (Å²) in [5, 5.41) is 26.4. The number of aromatic hydroxyl groups is 3. The lowest BCUT2D eigenvalue weighted by atomic mass is 10.3. The Morgan fingerprint density at radius 3 is 1.80 bits per heavy atom. The first-order valence-electron chi connectivity index (χ1n) is 2.55. The van der Waals surface area contributed by atoms with E-state index in [1.54, 1.807) is 0 Å². The molecule has 0 unspecified atom stereocenters. The first-order chi connectivity index (χ1) is 4.61. The van der Waals surface area contributed by atoms with Crippen LogP contribution in [-0.4, -0.2) is 15.3 Å². The third kappa shape index (κ3) is 1.11. The van der Waals surface area contributed by atoms with Gasteiger partial charge in [-0.15, -0.1) is 12.6 Å². The molecular weight excluding hydrogens is 152 g/mol. The van der Waals surface area contributed by atoms with Crippen molar-refractivity contribution >= 4 is 12.6 Å². The van der Waals surface area contributed by atoms with Crippen LogP contribution in [0.15, 0.2) is 17.0 Å². The van der Waals surface area contributed by atoms with Gasteiger partial charge in [-0.25, -0.2) is 0 Å². The molecule has 0 amide bonds. The Labute approximate surface area is 63.0 Å². The van der Waals surface area contributed by atoms with Gasteiger partial charge in [-0.2, -0.15) is 0 Å². The van der Waals surface area contributed by atoms with Crippen molar-refractivity contribution in [3.63, 3.8) is 0 Å². The summed E-state index contributed by atoms with van der Waals surface area (Å²) in [6.45, 7) is 0. The molecule has 0 aliphatic heterocycles. The summed E-state index contributed by atoms with van der Waals surface area (Å²) in [6.07, 6.45) is 0. The Kier molecular flexibility index (Phi) is 1.63. The van der Waals surface area contributed by atoms with E-state index < -0.39 is 5.75 Å². The fraction of sp³-hybridized carbons (Fsp3) is 0. The van der Waals surface area contributed by atoms with Gasteiger partial charge in [0.2, 0.25) is 0 Å². The predicted molar refractivity (Wildman–Crippen MR) is 38.7 cm³/mol. The number of hydrogen-bond donors (Lipinski definition) is 4. The summed E-state index contributed by atoms with van der Waals surface area (Å²) < 4.78 is 0. The average molecular weight is 158 g/mol.